The van der Waals surface area contributed by atoms with Crippen molar-refractivity contribution in [3.8, 4) is 5.75 Å². The first kappa shape index (κ1) is 12.4. The van der Waals surface area contributed by atoms with Crippen LogP contribution in [-0.2, 0) is 13.0 Å². The second kappa shape index (κ2) is 6.00. The van der Waals surface area contributed by atoms with Gasteiger partial charge in [-0.1, -0.05) is 25.5 Å². The van der Waals surface area contributed by atoms with Gasteiger partial charge in [-0.3, -0.25) is 0 Å². The van der Waals surface area contributed by atoms with E-state index in [-0.39, 0.29) is 5.75 Å². The lowest BCUT2D eigenvalue weighted by molar-refractivity contribution is 0.475. The van der Waals surface area contributed by atoms with Crippen LogP contribution in [0.2, 0.25) is 0 Å². The summed E-state index contributed by atoms with van der Waals surface area (Å²) in [5.41, 5.74) is 2.16. The Morgan fingerprint density at radius 2 is 1.94 bits per heavy atom. The van der Waals surface area contributed by atoms with E-state index in [1.807, 2.05) is 18.2 Å². The van der Waals surface area contributed by atoms with Crippen molar-refractivity contribution in [3.63, 3.8) is 0 Å². The van der Waals surface area contributed by atoms with Crippen molar-refractivity contribution < 1.29 is 5.11 Å². The second-order valence-electron chi connectivity index (χ2n) is 4.16. The summed E-state index contributed by atoms with van der Waals surface area (Å²) in [7, 11) is 0. The van der Waals surface area contributed by atoms with Crippen molar-refractivity contribution in [1.82, 2.24) is 9.97 Å². The number of phenolic OH excluding ortho intramolecular Hbond substituents is 1. The minimum Gasteiger partial charge on any atom is -0.508 e. The summed E-state index contributed by atoms with van der Waals surface area (Å²) in [5, 5.41) is 12.4. The summed E-state index contributed by atoms with van der Waals surface area (Å²) in [4.78, 5) is 8.39. The van der Waals surface area contributed by atoms with Gasteiger partial charge >= 0.3 is 0 Å². The summed E-state index contributed by atoms with van der Waals surface area (Å²) in [6.07, 6.45) is 3.63. The van der Waals surface area contributed by atoms with Crippen molar-refractivity contribution >= 4 is 5.82 Å². The van der Waals surface area contributed by atoms with Gasteiger partial charge < -0.3 is 10.4 Å². The molecule has 0 unspecified atom stereocenters. The maximum atomic E-state index is 9.20. The normalized spacial score (nSPS) is 10.3. The lowest BCUT2D eigenvalue weighted by Gasteiger charge is -2.06. The Balaban J connectivity index is 1.97. The van der Waals surface area contributed by atoms with Gasteiger partial charge in [0.15, 0.2) is 0 Å². The Morgan fingerprint density at radius 3 is 2.67 bits per heavy atom. The monoisotopic (exact) mass is 243 g/mol. The number of anilines is 1. The highest BCUT2D eigenvalue weighted by molar-refractivity contribution is 5.37. The third kappa shape index (κ3) is 3.45. The number of aromatic hydroxyl groups is 1. The van der Waals surface area contributed by atoms with Gasteiger partial charge in [0.25, 0.3) is 0 Å². The van der Waals surface area contributed by atoms with Gasteiger partial charge in [0.1, 0.15) is 17.9 Å². The van der Waals surface area contributed by atoms with Crippen molar-refractivity contribution in [1.29, 1.82) is 0 Å². The van der Waals surface area contributed by atoms with Crippen LogP contribution in [0.15, 0.2) is 36.7 Å². The molecule has 0 aliphatic heterocycles. The Hall–Kier alpha value is -2.10. The Bertz CT molecular complexity index is 497. The topological polar surface area (TPSA) is 58.0 Å². The Labute approximate surface area is 107 Å². The standard InChI is InChI=1S/C14H17N3O/c1-2-3-12-8-14(17-10-16-12)15-9-11-4-6-13(18)7-5-11/h4-8,10,18H,2-3,9H2,1H3,(H,15,16,17). The van der Waals surface area contributed by atoms with Crippen LogP contribution in [0.5, 0.6) is 5.75 Å². The van der Waals surface area contributed by atoms with Crippen molar-refractivity contribution in [3.05, 3.63) is 47.9 Å². The van der Waals surface area contributed by atoms with Crippen molar-refractivity contribution in [2.45, 2.75) is 26.3 Å². The molecule has 1 heterocycles. The van der Waals surface area contributed by atoms with Crippen molar-refractivity contribution in [2.75, 3.05) is 5.32 Å². The van der Waals surface area contributed by atoms with Gasteiger partial charge in [-0.25, -0.2) is 9.97 Å². The van der Waals surface area contributed by atoms with Gasteiger partial charge in [0, 0.05) is 18.3 Å². The first-order valence-electron chi connectivity index (χ1n) is 6.10. The quantitative estimate of drug-likeness (QED) is 0.847. The fourth-order valence-corrected chi connectivity index (χ4v) is 1.69. The van der Waals surface area contributed by atoms with E-state index in [2.05, 4.69) is 22.2 Å². The molecule has 2 N–H and O–H groups in total. The maximum Gasteiger partial charge on any atom is 0.129 e. The number of rotatable bonds is 5. The summed E-state index contributed by atoms with van der Waals surface area (Å²) in [6.45, 7) is 2.81. The second-order valence-corrected chi connectivity index (χ2v) is 4.16. The number of aryl methyl sites for hydroxylation is 1. The van der Waals surface area contributed by atoms with Crippen LogP contribution < -0.4 is 5.32 Å². The van der Waals surface area contributed by atoms with Crippen LogP contribution in [0.4, 0.5) is 5.82 Å². The molecule has 0 atom stereocenters. The third-order valence-electron chi connectivity index (χ3n) is 2.64. The van der Waals surface area contributed by atoms with Gasteiger partial charge in [0.2, 0.25) is 0 Å². The highest BCUT2D eigenvalue weighted by Crippen LogP contribution is 2.12. The molecule has 0 bridgehead atoms. The molecule has 0 radical (unpaired) electrons. The lowest BCUT2D eigenvalue weighted by Crippen LogP contribution is -2.02. The van der Waals surface area contributed by atoms with E-state index in [1.165, 1.54) is 0 Å². The molecule has 18 heavy (non-hydrogen) atoms. The SMILES string of the molecule is CCCc1cc(NCc2ccc(O)cc2)ncn1. The molecule has 4 nitrogen and oxygen atoms in total. The minimum absolute atomic E-state index is 0.283. The fourth-order valence-electron chi connectivity index (χ4n) is 1.69. The molecule has 0 saturated heterocycles. The van der Waals surface area contributed by atoms with E-state index in [4.69, 9.17) is 0 Å². The predicted molar refractivity (Wildman–Crippen MR) is 71.5 cm³/mol. The van der Waals surface area contributed by atoms with E-state index < -0.39 is 0 Å². The van der Waals surface area contributed by atoms with Gasteiger partial charge in [-0.05, 0) is 24.1 Å². The lowest BCUT2D eigenvalue weighted by atomic mass is 10.2. The third-order valence-corrected chi connectivity index (χ3v) is 2.64. The molecule has 4 heteroatoms. The Morgan fingerprint density at radius 1 is 1.17 bits per heavy atom. The summed E-state index contributed by atoms with van der Waals surface area (Å²) in [6, 6.07) is 9.11. The number of nitrogens with one attached hydrogen (secondary N) is 1. The predicted octanol–water partition coefficient (Wildman–Crippen LogP) is 2.75. The van der Waals surface area contributed by atoms with Gasteiger partial charge in [0.05, 0.1) is 0 Å². The molecule has 0 amide bonds. The average molecular weight is 243 g/mol. The number of phenols is 1. The van der Waals surface area contributed by atoms with E-state index >= 15 is 0 Å². The number of nitrogens with zero attached hydrogens (tertiary/aromatic N) is 2. The number of benzene rings is 1. The van der Waals surface area contributed by atoms with Crippen LogP contribution in [0.25, 0.3) is 0 Å². The molecule has 1 aromatic heterocycles. The zero-order chi connectivity index (χ0) is 12.8. The van der Waals surface area contributed by atoms with E-state index in [1.54, 1.807) is 18.5 Å². The maximum absolute atomic E-state index is 9.20. The van der Waals surface area contributed by atoms with Crippen LogP contribution in [0, 0.1) is 0 Å². The first-order chi connectivity index (χ1) is 8.78. The summed E-state index contributed by atoms with van der Waals surface area (Å²) < 4.78 is 0. The van der Waals surface area contributed by atoms with Crippen LogP contribution in [-0.4, -0.2) is 15.1 Å². The van der Waals surface area contributed by atoms with Gasteiger partial charge in [-0.2, -0.15) is 0 Å². The highest BCUT2D eigenvalue weighted by Gasteiger charge is 1.98. The first-order valence-corrected chi connectivity index (χ1v) is 6.10. The largest absolute Gasteiger partial charge is 0.508 e. The molecule has 1 aromatic carbocycles. The molecule has 0 aliphatic carbocycles. The molecule has 0 saturated carbocycles. The molecule has 94 valence electrons. The van der Waals surface area contributed by atoms with E-state index in [9.17, 15) is 5.11 Å². The minimum atomic E-state index is 0.283. The molecule has 0 fully saturated rings. The number of hydrogen-bond donors (Lipinski definition) is 2. The summed E-state index contributed by atoms with van der Waals surface area (Å²) >= 11 is 0. The number of aromatic nitrogens is 2. The summed E-state index contributed by atoms with van der Waals surface area (Å²) in [5.74, 6) is 1.12. The van der Waals surface area contributed by atoms with E-state index in [0.29, 0.717) is 6.54 Å². The molecular formula is C14H17N3O. The zero-order valence-corrected chi connectivity index (χ0v) is 10.4. The smallest absolute Gasteiger partial charge is 0.129 e. The van der Waals surface area contributed by atoms with Crippen LogP contribution in [0.3, 0.4) is 0 Å². The zero-order valence-electron chi connectivity index (χ0n) is 10.4. The molecule has 0 aliphatic rings. The fraction of sp³-hybridized carbons (Fsp3) is 0.286. The number of hydrogen-bond acceptors (Lipinski definition) is 4. The molecule has 0 spiro atoms. The highest BCUT2D eigenvalue weighted by atomic mass is 16.3. The van der Waals surface area contributed by atoms with Gasteiger partial charge in [-0.15, -0.1) is 0 Å². The van der Waals surface area contributed by atoms with Crippen LogP contribution >= 0.6 is 0 Å². The average Bonchev–Trinajstić information content (AvgIpc) is 2.39. The molecular weight excluding hydrogens is 226 g/mol. The van der Waals surface area contributed by atoms with Crippen LogP contribution in [0.1, 0.15) is 24.6 Å². The Kier molecular flexibility index (Phi) is 4.12. The van der Waals surface area contributed by atoms with Crippen molar-refractivity contribution in [2.24, 2.45) is 0 Å². The molecule has 2 aromatic rings. The molecule has 2 rings (SSSR count). The van der Waals surface area contributed by atoms with E-state index in [0.717, 1.165) is 29.9 Å².